The molecule has 0 N–H and O–H groups in total. The highest BCUT2D eigenvalue weighted by Crippen LogP contribution is 2.39. The first-order chi connectivity index (χ1) is 9.07. The van der Waals surface area contributed by atoms with Crippen LogP contribution in [0.25, 0.3) is 0 Å². The van der Waals surface area contributed by atoms with Crippen molar-refractivity contribution >= 4 is 5.97 Å². The van der Waals surface area contributed by atoms with Gasteiger partial charge in [-0.2, -0.15) is 26.3 Å². The van der Waals surface area contributed by atoms with Gasteiger partial charge < -0.3 is 4.74 Å². The van der Waals surface area contributed by atoms with Crippen LogP contribution in [0.1, 0.15) is 24.0 Å². The van der Waals surface area contributed by atoms with Crippen LogP contribution in [0.15, 0.2) is 18.2 Å². The molecule has 0 bridgehead atoms. The summed E-state index contributed by atoms with van der Waals surface area (Å²) in [6, 6.07) is 0.750. The maximum absolute atomic E-state index is 12.5. The van der Waals surface area contributed by atoms with E-state index in [9.17, 15) is 31.1 Å². The molecule has 0 unspecified atom stereocenters. The molecular formula is C12H8F6O2. The molecule has 1 aliphatic rings. The Bertz CT molecular complexity index is 495. The molecule has 0 saturated heterocycles. The lowest BCUT2D eigenvalue weighted by molar-refractivity contribution is -0.144. The van der Waals surface area contributed by atoms with E-state index in [2.05, 4.69) is 4.74 Å². The fourth-order valence-corrected chi connectivity index (χ4v) is 1.50. The van der Waals surface area contributed by atoms with Crippen LogP contribution >= 0.6 is 0 Å². The molecule has 110 valence electrons. The van der Waals surface area contributed by atoms with Crippen LogP contribution in [-0.2, 0) is 17.1 Å². The van der Waals surface area contributed by atoms with E-state index in [4.69, 9.17) is 0 Å². The predicted molar refractivity (Wildman–Crippen MR) is 54.8 cm³/mol. The van der Waals surface area contributed by atoms with Gasteiger partial charge in [-0.25, -0.2) is 0 Å². The molecule has 8 heteroatoms. The molecule has 2 rings (SSSR count). The molecule has 1 aromatic rings. The van der Waals surface area contributed by atoms with Crippen molar-refractivity contribution in [2.45, 2.75) is 25.2 Å². The number of alkyl halides is 6. The molecule has 1 aliphatic carbocycles. The number of carbonyl (C=O) groups excluding carboxylic acids is 1. The minimum absolute atomic E-state index is 0.0194. The SMILES string of the molecule is O=C(Oc1cc(C(F)(F)F)cc(C(F)(F)F)c1)C1CC1. The van der Waals surface area contributed by atoms with E-state index in [0.29, 0.717) is 25.0 Å². The Labute approximate surface area is 109 Å². The third-order valence-electron chi connectivity index (χ3n) is 2.69. The largest absolute Gasteiger partial charge is 0.426 e. The van der Waals surface area contributed by atoms with E-state index < -0.39 is 41.1 Å². The molecule has 1 saturated carbocycles. The smallest absolute Gasteiger partial charge is 0.416 e. The fourth-order valence-electron chi connectivity index (χ4n) is 1.50. The maximum atomic E-state index is 12.5. The van der Waals surface area contributed by atoms with Crippen LogP contribution in [0.3, 0.4) is 0 Å². The maximum Gasteiger partial charge on any atom is 0.416 e. The number of benzene rings is 1. The molecule has 0 aliphatic heterocycles. The molecular weight excluding hydrogens is 290 g/mol. The summed E-state index contributed by atoms with van der Waals surface area (Å²) >= 11 is 0. The molecule has 0 amide bonds. The Hall–Kier alpha value is -1.73. The summed E-state index contributed by atoms with van der Waals surface area (Å²) in [6.45, 7) is 0. The quantitative estimate of drug-likeness (QED) is 0.468. The zero-order valence-corrected chi connectivity index (χ0v) is 9.81. The van der Waals surface area contributed by atoms with Gasteiger partial charge in [-0.15, -0.1) is 0 Å². The van der Waals surface area contributed by atoms with E-state index in [-0.39, 0.29) is 6.07 Å². The number of esters is 1. The van der Waals surface area contributed by atoms with Gasteiger partial charge in [0, 0.05) is 0 Å². The van der Waals surface area contributed by atoms with Crippen molar-refractivity contribution in [1.29, 1.82) is 0 Å². The number of carbonyl (C=O) groups is 1. The minimum Gasteiger partial charge on any atom is -0.426 e. The molecule has 1 aromatic carbocycles. The second kappa shape index (κ2) is 4.68. The van der Waals surface area contributed by atoms with Gasteiger partial charge in [0.05, 0.1) is 17.0 Å². The lowest BCUT2D eigenvalue weighted by Crippen LogP contribution is -2.14. The number of rotatable bonds is 2. The van der Waals surface area contributed by atoms with Crippen molar-refractivity contribution in [3.8, 4) is 5.75 Å². The summed E-state index contributed by atoms with van der Waals surface area (Å²) in [7, 11) is 0. The Morgan fingerprint density at radius 1 is 0.950 bits per heavy atom. The van der Waals surface area contributed by atoms with Gasteiger partial charge >= 0.3 is 18.3 Å². The summed E-state index contributed by atoms with van der Waals surface area (Å²) in [5.41, 5.74) is -3.02. The number of ether oxygens (including phenoxy) is 1. The van der Waals surface area contributed by atoms with Crippen LogP contribution in [0.5, 0.6) is 5.75 Å². The van der Waals surface area contributed by atoms with Crippen LogP contribution in [0, 0.1) is 5.92 Å². The van der Waals surface area contributed by atoms with E-state index in [0.717, 1.165) is 0 Å². The normalized spacial score (nSPS) is 16.1. The van der Waals surface area contributed by atoms with Gasteiger partial charge in [0.15, 0.2) is 0 Å². The van der Waals surface area contributed by atoms with Gasteiger partial charge in [-0.1, -0.05) is 0 Å². The number of halogens is 6. The predicted octanol–water partition coefficient (Wildman–Crippen LogP) is 4.04. The summed E-state index contributed by atoms with van der Waals surface area (Å²) in [5.74, 6) is -1.99. The average molecular weight is 298 g/mol. The zero-order valence-electron chi connectivity index (χ0n) is 9.81. The highest BCUT2D eigenvalue weighted by molar-refractivity contribution is 5.77. The highest BCUT2D eigenvalue weighted by atomic mass is 19.4. The van der Waals surface area contributed by atoms with Gasteiger partial charge in [-0.05, 0) is 31.0 Å². The first kappa shape index (κ1) is 14.7. The van der Waals surface area contributed by atoms with Gasteiger partial charge in [-0.3, -0.25) is 4.79 Å². The van der Waals surface area contributed by atoms with Crippen molar-refractivity contribution in [2.24, 2.45) is 5.92 Å². The Balaban J connectivity index is 2.37. The lowest BCUT2D eigenvalue weighted by atomic mass is 10.1. The molecule has 0 radical (unpaired) electrons. The van der Waals surface area contributed by atoms with Crippen molar-refractivity contribution in [2.75, 3.05) is 0 Å². The summed E-state index contributed by atoms with van der Waals surface area (Å²) in [6.07, 6.45) is -8.85. The fraction of sp³-hybridized carbons (Fsp3) is 0.417. The molecule has 1 fully saturated rings. The van der Waals surface area contributed by atoms with Crippen LogP contribution in [0.4, 0.5) is 26.3 Å². The van der Waals surface area contributed by atoms with Gasteiger partial charge in [0.25, 0.3) is 0 Å². The van der Waals surface area contributed by atoms with E-state index in [1.165, 1.54) is 0 Å². The van der Waals surface area contributed by atoms with Crippen LogP contribution in [0.2, 0.25) is 0 Å². The molecule has 0 aromatic heterocycles. The molecule has 0 spiro atoms. The average Bonchev–Trinajstić information content (AvgIpc) is 3.09. The van der Waals surface area contributed by atoms with Crippen molar-refractivity contribution in [1.82, 2.24) is 0 Å². The second-order valence-electron chi connectivity index (χ2n) is 4.44. The Kier molecular flexibility index (Phi) is 3.43. The second-order valence-corrected chi connectivity index (χ2v) is 4.44. The summed E-state index contributed by atoms with van der Waals surface area (Å²) < 4.78 is 79.8. The van der Waals surface area contributed by atoms with Crippen molar-refractivity contribution < 1.29 is 35.9 Å². The molecule has 0 heterocycles. The van der Waals surface area contributed by atoms with Crippen LogP contribution < -0.4 is 4.74 Å². The zero-order chi connectivity index (χ0) is 15.1. The van der Waals surface area contributed by atoms with E-state index in [1.807, 2.05) is 0 Å². The number of hydrogen-bond acceptors (Lipinski definition) is 2. The monoisotopic (exact) mass is 298 g/mol. The van der Waals surface area contributed by atoms with Crippen molar-refractivity contribution in [3.05, 3.63) is 29.3 Å². The van der Waals surface area contributed by atoms with Crippen molar-refractivity contribution in [3.63, 3.8) is 0 Å². The molecule has 0 atom stereocenters. The molecule has 2 nitrogen and oxygen atoms in total. The first-order valence-corrected chi connectivity index (χ1v) is 5.58. The number of hydrogen-bond donors (Lipinski definition) is 0. The summed E-state index contributed by atoms with van der Waals surface area (Å²) in [5, 5.41) is 0. The topological polar surface area (TPSA) is 26.3 Å². The molecule has 20 heavy (non-hydrogen) atoms. The Morgan fingerprint density at radius 3 is 1.75 bits per heavy atom. The van der Waals surface area contributed by atoms with Gasteiger partial charge in [0.2, 0.25) is 0 Å². The third-order valence-corrected chi connectivity index (χ3v) is 2.69. The third kappa shape index (κ3) is 3.43. The minimum atomic E-state index is -4.96. The highest BCUT2D eigenvalue weighted by Gasteiger charge is 2.38. The van der Waals surface area contributed by atoms with E-state index in [1.54, 1.807) is 0 Å². The van der Waals surface area contributed by atoms with E-state index >= 15 is 0 Å². The summed E-state index contributed by atoms with van der Waals surface area (Å²) in [4.78, 5) is 11.3. The lowest BCUT2D eigenvalue weighted by Gasteiger charge is -2.14. The first-order valence-electron chi connectivity index (χ1n) is 5.58. The standard InChI is InChI=1S/C12H8F6O2/c13-11(14,15)7-3-8(12(16,17)18)5-9(4-7)20-10(19)6-1-2-6/h3-6H,1-2H2. The van der Waals surface area contributed by atoms with Crippen LogP contribution in [-0.4, -0.2) is 5.97 Å². The Morgan fingerprint density at radius 2 is 1.40 bits per heavy atom. The van der Waals surface area contributed by atoms with Gasteiger partial charge in [0.1, 0.15) is 5.75 Å².